The minimum absolute atomic E-state index is 0.109. The molecule has 2 rings (SSSR count). The molecule has 0 aliphatic heterocycles. The molecule has 0 amide bonds. The molecule has 0 unspecified atom stereocenters. The van der Waals surface area contributed by atoms with Crippen molar-refractivity contribution < 1.29 is 14.6 Å². The number of carboxylic acids is 1. The van der Waals surface area contributed by atoms with Gasteiger partial charge in [-0.2, -0.15) is 0 Å². The van der Waals surface area contributed by atoms with Crippen LogP contribution < -0.4 is 9.64 Å². The first-order valence-electron chi connectivity index (χ1n) is 6.59. The Morgan fingerprint density at radius 1 is 1.24 bits per heavy atom. The largest absolute Gasteiger partial charge is 0.480 e. The Morgan fingerprint density at radius 2 is 1.95 bits per heavy atom. The maximum absolute atomic E-state index is 11.0. The second kappa shape index (κ2) is 6.99. The lowest BCUT2D eigenvalue weighted by atomic mass is 10.2. The van der Waals surface area contributed by atoms with Crippen LogP contribution in [0.1, 0.15) is 6.92 Å². The normalized spacial score (nSPS) is 10.2. The lowest BCUT2D eigenvalue weighted by molar-refractivity contribution is -0.135. The highest BCUT2D eigenvalue weighted by molar-refractivity contribution is 6.31. The molecule has 0 saturated heterocycles. The highest BCUT2D eigenvalue weighted by atomic mass is 35.5. The molecule has 0 saturated carbocycles. The zero-order valence-corrected chi connectivity index (χ0v) is 12.4. The second-order valence-electron chi connectivity index (χ2n) is 4.44. The molecule has 0 atom stereocenters. The number of carboxylic acid groups (broad SMARTS) is 1. The lowest BCUT2D eigenvalue weighted by Crippen LogP contribution is -2.29. The maximum atomic E-state index is 11.0. The van der Waals surface area contributed by atoms with Crippen LogP contribution in [0.5, 0.6) is 11.5 Å². The molecule has 110 valence electrons. The van der Waals surface area contributed by atoms with Gasteiger partial charge in [0.1, 0.15) is 12.3 Å². The Hall–Kier alpha value is -2.20. The van der Waals surface area contributed by atoms with Gasteiger partial charge in [0, 0.05) is 11.6 Å². The third-order valence-electron chi connectivity index (χ3n) is 2.94. The number of para-hydroxylation sites is 1. The van der Waals surface area contributed by atoms with Crippen molar-refractivity contribution >= 4 is 23.3 Å². The van der Waals surface area contributed by atoms with E-state index >= 15 is 0 Å². The molecule has 2 aromatic carbocycles. The number of anilines is 1. The first-order chi connectivity index (χ1) is 10.1. The molecule has 5 heteroatoms. The third kappa shape index (κ3) is 4.13. The third-order valence-corrected chi connectivity index (χ3v) is 3.18. The van der Waals surface area contributed by atoms with Crippen LogP contribution in [0.4, 0.5) is 5.69 Å². The van der Waals surface area contributed by atoms with Gasteiger partial charge in [0.05, 0.1) is 5.69 Å². The summed E-state index contributed by atoms with van der Waals surface area (Å²) in [6.45, 7) is 2.32. The fraction of sp³-hybridized carbons (Fsp3) is 0.188. The van der Waals surface area contributed by atoms with Crippen molar-refractivity contribution in [3.8, 4) is 11.5 Å². The Balaban J connectivity index is 2.34. The number of ether oxygens (including phenoxy) is 1. The molecule has 0 fully saturated rings. The van der Waals surface area contributed by atoms with Crippen LogP contribution in [0.25, 0.3) is 0 Å². The van der Waals surface area contributed by atoms with Gasteiger partial charge in [-0.25, -0.2) is 0 Å². The number of nitrogens with zero attached hydrogens (tertiary/aromatic N) is 1. The van der Waals surface area contributed by atoms with Crippen LogP contribution in [0.2, 0.25) is 5.02 Å². The van der Waals surface area contributed by atoms with Crippen LogP contribution >= 0.6 is 11.6 Å². The van der Waals surface area contributed by atoms with E-state index in [9.17, 15) is 4.79 Å². The summed E-state index contributed by atoms with van der Waals surface area (Å²) in [7, 11) is 0. The molecule has 0 spiro atoms. The number of halogens is 1. The summed E-state index contributed by atoms with van der Waals surface area (Å²) < 4.78 is 5.84. The molecule has 0 radical (unpaired) electrons. The molecular weight excluding hydrogens is 290 g/mol. The van der Waals surface area contributed by atoms with E-state index < -0.39 is 5.97 Å². The van der Waals surface area contributed by atoms with Gasteiger partial charge >= 0.3 is 5.97 Å². The van der Waals surface area contributed by atoms with E-state index in [-0.39, 0.29) is 6.54 Å². The van der Waals surface area contributed by atoms with E-state index in [4.69, 9.17) is 21.4 Å². The van der Waals surface area contributed by atoms with Crippen molar-refractivity contribution in [3.05, 3.63) is 53.6 Å². The van der Waals surface area contributed by atoms with Gasteiger partial charge in [0.2, 0.25) is 0 Å². The van der Waals surface area contributed by atoms with E-state index in [0.29, 0.717) is 28.8 Å². The first kappa shape index (κ1) is 15.2. The number of likely N-dealkylation sites (N-methyl/N-ethyl adjacent to an activating group) is 1. The number of carbonyl (C=O) groups is 1. The van der Waals surface area contributed by atoms with Crippen LogP contribution in [0, 0.1) is 0 Å². The molecule has 1 N–H and O–H groups in total. The highest BCUT2D eigenvalue weighted by Gasteiger charge is 2.15. The fourth-order valence-electron chi connectivity index (χ4n) is 1.97. The summed E-state index contributed by atoms with van der Waals surface area (Å²) in [5, 5.41) is 9.55. The molecule has 21 heavy (non-hydrogen) atoms. The summed E-state index contributed by atoms with van der Waals surface area (Å²) in [6, 6.07) is 14.5. The van der Waals surface area contributed by atoms with Crippen LogP contribution in [-0.2, 0) is 4.79 Å². The van der Waals surface area contributed by atoms with Gasteiger partial charge in [-0.05, 0) is 37.3 Å². The average molecular weight is 306 g/mol. The summed E-state index contributed by atoms with van der Waals surface area (Å²) in [4.78, 5) is 12.7. The summed E-state index contributed by atoms with van der Waals surface area (Å²) >= 11 is 6.03. The lowest BCUT2D eigenvalue weighted by Gasteiger charge is -2.23. The van der Waals surface area contributed by atoms with E-state index in [1.54, 1.807) is 23.1 Å². The van der Waals surface area contributed by atoms with Gasteiger partial charge < -0.3 is 14.7 Å². The van der Waals surface area contributed by atoms with E-state index in [1.807, 2.05) is 37.3 Å². The molecular formula is C16H16ClNO3. The number of rotatable bonds is 6. The van der Waals surface area contributed by atoms with Crippen molar-refractivity contribution in [1.29, 1.82) is 0 Å². The molecule has 0 heterocycles. The zero-order chi connectivity index (χ0) is 15.2. The predicted octanol–water partition coefficient (Wildman–Crippen LogP) is 4.04. The predicted molar refractivity (Wildman–Crippen MR) is 83.5 cm³/mol. The number of benzene rings is 2. The quantitative estimate of drug-likeness (QED) is 0.875. The van der Waals surface area contributed by atoms with Crippen molar-refractivity contribution in [3.63, 3.8) is 0 Å². The summed E-state index contributed by atoms with van der Waals surface area (Å²) in [5.41, 5.74) is 0.663. The fourth-order valence-corrected chi connectivity index (χ4v) is 2.14. The molecule has 4 nitrogen and oxygen atoms in total. The van der Waals surface area contributed by atoms with Crippen molar-refractivity contribution in [2.24, 2.45) is 0 Å². The maximum Gasteiger partial charge on any atom is 0.323 e. The zero-order valence-electron chi connectivity index (χ0n) is 11.6. The monoisotopic (exact) mass is 305 g/mol. The van der Waals surface area contributed by atoms with Crippen LogP contribution in [-0.4, -0.2) is 24.2 Å². The van der Waals surface area contributed by atoms with E-state index in [2.05, 4.69) is 0 Å². The van der Waals surface area contributed by atoms with Gasteiger partial charge in [-0.1, -0.05) is 29.8 Å². The smallest absolute Gasteiger partial charge is 0.323 e. The molecule has 2 aromatic rings. The van der Waals surface area contributed by atoms with Crippen molar-refractivity contribution in [2.75, 3.05) is 18.0 Å². The minimum Gasteiger partial charge on any atom is -0.480 e. The Bertz CT molecular complexity index is 616. The van der Waals surface area contributed by atoms with Gasteiger partial charge in [-0.15, -0.1) is 0 Å². The molecule has 0 aromatic heterocycles. The molecule has 0 aliphatic rings. The first-order valence-corrected chi connectivity index (χ1v) is 6.97. The van der Waals surface area contributed by atoms with E-state index in [0.717, 1.165) is 0 Å². The van der Waals surface area contributed by atoms with Gasteiger partial charge in [0.15, 0.2) is 5.75 Å². The minimum atomic E-state index is -0.900. The van der Waals surface area contributed by atoms with Gasteiger partial charge in [-0.3, -0.25) is 4.79 Å². The highest BCUT2D eigenvalue weighted by Crippen LogP contribution is 2.34. The standard InChI is InChI=1S/C16H16ClNO3/c1-2-18(11-16(19)20)14-10-12(17)8-9-15(14)21-13-6-4-3-5-7-13/h3-10H,2,11H2,1H3,(H,19,20). The van der Waals surface area contributed by atoms with Crippen LogP contribution in [0.15, 0.2) is 48.5 Å². The summed E-state index contributed by atoms with van der Waals surface area (Å²) in [5.74, 6) is 0.364. The number of aliphatic carboxylic acids is 1. The number of hydrogen-bond donors (Lipinski definition) is 1. The van der Waals surface area contributed by atoms with Crippen LogP contribution in [0.3, 0.4) is 0 Å². The Morgan fingerprint density at radius 3 is 2.57 bits per heavy atom. The van der Waals surface area contributed by atoms with Crippen molar-refractivity contribution in [2.45, 2.75) is 6.92 Å². The molecule has 0 bridgehead atoms. The number of hydrogen-bond acceptors (Lipinski definition) is 3. The van der Waals surface area contributed by atoms with E-state index in [1.165, 1.54) is 0 Å². The Kier molecular flexibility index (Phi) is 5.06. The van der Waals surface area contributed by atoms with Gasteiger partial charge in [0.25, 0.3) is 0 Å². The average Bonchev–Trinajstić information content (AvgIpc) is 2.47. The topological polar surface area (TPSA) is 49.8 Å². The molecule has 0 aliphatic carbocycles. The Labute approximate surface area is 128 Å². The SMILES string of the molecule is CCN(CC(=O)O)c1cc(Cl)ccc1Oc1ccccc1. The second-order valence-corrected chi connectivity index (χ2v) is 4.87. The summed E-state index contributed by atoms with van der Waals surface area (Å²) in [6.07, 6.45) is 0. The van der Waals surface area contributed by atoms with Crippen molar-refractivity contribution in [1.82, 2.24) is 0 Å².